The van der Waals surface area contributed by atoms with Crippen molar-refractivity contribution in [3.05, 3.63) is 45.9 Å². The Morgan fingerprint density at radius 2 is 2.05 bits per heavy atom. The SMILES string of the molecule is CCOc1nc(NCCc2ccc(Cl)cc2Cl)ccc1N. The third kappa shape index (κ3) is 4.41. The second-order valence-electron chi connectivity index (χ2n) is 4.44. The lowest BCUT2D eigenvalue weighted by Crippen LogP contribution is -2.08. The van der Waals surface area contributed by atoms with Gasteiger partial charge in [-0.25, -0.2) is 0 Å². The Balaban J connectivity index is 1.95. The number of anilines is 2. The van der Waals surface area contributed by atoms with Crippen LogP contribution >= 0.6 is 23.2 Å². The zero-order valence-corrected chi connectivity index (χ0v) is 13.2. The van der Waals surface area contributed by atoms with Gasteiger partial charge < -0.3 is 15.8 Å². The quantitative estimate of drug-likeness (QED) is 0.841. The summed E-state index contributed by atoms with van der Waals surface area (Å²) in [6, 6.07) is 9.09. The van der Waals surface area contributed by atoms with Crippen molar-refractivity contribution in [1.29, 1.82) is 0 Å². The fraction of sp³-hybridized carbons (Fsp3) is 0.267. The van der Waals surface area contributed by atoms with Crippen LogP contribution in [0.5, 0.6) is 5.88 Å². The van der Waals surface area contributed by atoms with E-state index in [9.17, 15) is 0 Å². The maximum atomic E-state index is 6.13. The minimum absolute atomic E-state index is 0.451. The molecule has 0 bridgehead atoms. The van der Waals surface area contributed by atoms with Crippen molar-refractivity contribution in [2.24, 2.45) is 0 Å². The summed E-state index contributed by atoms with van der Waals surface area (Å²) in [6.45, 7) is 3.12. The normalized spacial score (nSPS) is 10.4. The molecule has 2 rings (SSSR count). The summed E-state index contributed by atoms with van der Waals surface area (Å²) in [4.78, 5) is 4.32. The van der Waals surface area contributed by atoms with E-state index in [4.69, 9.17) is 33.7 Å². The fourth-order valence-electron chi connectivity index (χ4n) is 1.85. The first-order chi connectivity index (χ1) is 10.1. The van der Waals surface area contributed by atoms with Gasteiger partial charge in [-0.2, -0.15) is 4.98 Å². The number of ether oxygens (including phenoxy) is 1. The Kier molecular flexibility index (Phi) is 5.53. The van der Waals surface area contributed by atoms with Crippen LogP contribution in [0.2, 0.25) is 10.0 Å². The molecule has 21 heavy (non-hydrogen) atoms. The Bertz CT molecular complexity index is 620. The van der Waals surface area contributed by atoms with Gasteiger partial charge in [-0.05, 0) is 43.2 Å². The van der Waals surface area contributed by atoms with Gasteiger partial charge in [0.15, 0.2) is 0 Å². The van der Waals surface area contributed by atoms with Crippen LogP contribution < -0.4 is 15.8 Å². The minimum atomic E-state index is 0.451. The van der Waals surface area contributed by atoms with Crippen molar-refractivity contribution < 1.29 is 4.74 Å². The molecule has 0 aliphatic rings. The molecule has 1 heterocycles. The lowest BCUT2D eigenvalue weighted by atomic mass is 10.1. The molecule has 0 saturated carbocycles. The van der Waals surface area contributed by atoms with Gasteiger partial charge >= 0.3 is 0 Å². The van der Waals surface area contributed by atoms with E-state index in [2.05, 4.69) is 10.3 Å². The fourth-order valence-corrected chi connectivity index (χ4v) is 2.35. The van der Waals surface area contributed by atoms with Crippen LogP contribution in [0.1, 0.15) is 12.5 Å². The number of hydrogen-bond donors (Lipinski definition) is 2. The number of rotatable bonds is 6. The first-order valence-corrected chi connectivity index (χ1v) is 7.43. The van der Waals surface area contributed by atoms with E-state index in [0.29, 0.717) is 34.8 Å². The monoisotopic (exact) mass is 325 g/mol. The number of nitrogens with zero attached hydrogens (tertiary/aromatic N) is 1. The van der Waals surface area contributed by atoms with Gasteiger partial charge in [0.1, 0.15) is 5.82 Å². The lowest BCUT2D eigenvalue weighted by molar-refractivity contribution is 0.329. The average molecular weight is 326 g/mol. The van der Waals surface area contributed by atoms with Crippen LogP contribution in [0, 0.1) is 0 Å². The van der Waals surface area contributed by atoms with Crippen molar-refractivity contribution in [3.8, 4) is 5.88 Å². The van der Waals surface area contributed by atoms with E-state index in [-0.39, 0.29) is 0 Å². The largest absolute Gasteiger partial charge is 0.476 e. The number of benzene rings is 1. The van der Waals surface area contributed by atoms with Gasteiger partial charge in [0.05, 0.1) is 12.3 Å². The molecule has 1 aromatic heterocycles. The van der Waals surface area contributed by atoms with Gasteiger partial charge in [0, 0.05) is 16.6 Å². The molecule has 0 spiro atoms. The Morgan fingerprint density at radius 1 is 1.24 bits per heavy atom. The van der Waals surface area contributed by atoms with E-state index in [0.717, 1.165) is 17.8 Å². The number of hydrogen-bond acceptors (Lipinski definition) is 4. The molecule has 0 aliphatic heterocycles. The van der Waals surface area contributed by atoms with Crippen LogP contribution in [0.3, 0.4) is 0 Å². The molecule has 0 radical (unpaired) electrons. The summed E-state index contributed by atoms with van der Waals surface area (Å²) >= 11 is 12.0. The minimum Gasteiger partial charge on any atom is -0.476 e. The van der Waals surface area contributed by atoms with Gasteiger partial charge in [-0.15, -0.1) is 0 Å². The molecule has 4 nitrogen and oxygen atoms in total. The van der Waals surface area contributed by atoms with Crippen molar-refractivity contribution >= 4 is 34.7 Å². The van der Waals surface area contributed by atoms with E-state index in [1.54, 1.807) is 12.1 Å². The maximum absolute atomic E-state index is 6.13. The van der Waals surface area contributed by atoms with E-state index >= 15 is 0 Å². The Morgan fingerprint density at radius 3 is 2.76 bits per heavy atom. The second-order valence-corrected chi connectivity index (χ2v) is 5.28. The van der Waals surface area contributed by atoms with Gasteiger partial charge in [0.2, 0.25) is 5.88 Å². The molecule has 0 unspecified atom stereocenters. The molecular formula is C15H17Cl2N3O. The number of halogens is 2. The van der Waals surface area contributed by atoms with Crippen LogP contribution in [0.15, 0.2) is 30.3 Å². The van der Waals surface area contributed by atoms with Crippen LogP contribution in [0.4, 0.5) is 11.5 Å². The van der Waals surface area contributed by atoms with Crippen LogP contribution in [0.25, 0.3) is 0 Å². The summed E-state index contributed by atoms with van der Waals surface area (Å²) in [6.07, 6.45) is 0.770. The molecule has 0 amide bonds. The van der Waals surface area contributed by atoms with Gasteiger partial charge in [0.25, 0.3) is 0 Å². The molecule has 0 fully saturated rings. The summed E-state index contributed by atoms with van der Waals surface area (Å²) in [7, 11) is 0. The third-order valence-corrected chi connectivity index (χ3v) is 3.47. The number of pyridine rings is 1. The topological polar surface area (TPSA) is 60.2 Å². The number of nitrogens with one attached hydrogen (secondary N) is 1. The van der Waals surface area contributed by atoms with Gasteiger partial charge in [-0.1, -0.05) is 29.3 Å². The van der Waals surface area contributed by atoms with Crippen molar-refractivity contribution in [2.45, 2.75) is 13.3 Å². The molecule has 3 N–H and O–H groups in total. The highest BCUT2D eigenvalue weighted by Gasteiger charge is 2.05. The van der Waals surface area contributed by atoms with Crippen LogP contribution in [-0.2, 0) is 6.42 Å². The van der Waals surface area contributed by atoms with Crippen molar-refractivity contribution in [2.75, 3.05) is 24.2 Å². The third-order valence-electron chi connectivity index (χ3n) is 2.89. The highest BCUT2D eigenvalue weighted by Crippen LogP contribution is 2.22. The molecule has 1 aromatic carbocycles. The lowest BCUT2D eigenvalue weighted by Gasteiger charge is -2.10. The molecule has 112 valence electrons. The average Bonchev–Trinajstić information content (AvgIpc) is 2.45. The van der Waals surface area contributed by atoms with Crippen molar-refractivity contribution in [1.82, 2.24) is 4.98 Å². The number of aromatic nitrogens is 1. The highest BCUT2D eigenvalue weighted by molar-refractivity contribution is 6.35. The molecule has 0 atom stereocenters. The summed E-state index contributed by atoms with van der Waals surface area (Å²) in [5.41, 5.74) is 7.35. The molecule has 2 aromatic rings. The molecular weight excluding hydrogens is 309 g/mol. The number of nitrogens with two attached hydrogens (primary N) is 1. The predicted molar refractivity (Wildman–Crippen MR) is 88.5 cm³/mol. The van der Waals surface area contributed by atoms with Crippen LogP contribution in [-0.4, -0.2) is 18.1 Å². The molecule has 0 aliphatic carbocycles. The molecule has 6 heteroatoms. The Hall–Kier alpha value is -1.65. The zero-order chi connectivity index (χ0) is 15.2. The predicted octanol–water partition coefficient (Wildman–Crippen LogP) is 4.02. The summed E-state index contributed by atoms with van der Waals surface area (Å²) in [5, 5.41) is 4.53. The highest BCUT2D eigenvalue weighted by atomic mass is 35.5. The first-order valence-electron chi connectivity index (χ1n) is 6.67. The van der Waals surface area contributed by atoms with Gasteiger partial charge in [-0.3, -0.25) is 0 Å². The van der Waals surface area contributed by atoms with E-state index < -0.39 is 0 Å². The van der Waals surface area contributed by atoms with E-state index in [1.807, 2.05) is 25.1 Å². The van der Waals surface area contributed by atoms with Crippen molar-refractivity contribution in [3.63, 3.8) is 0 Å². The zero-order valence-electron chi connectivity index (χ0n) is 11.7. The standard InChI is InChI=1S/C15H17Cl2N3O/c1-2-21-15-13(18)5-6-14(20-15)19-8-7-10-3-4-11(16)9-12(10)17/h3-6,9H,2,7-8,18H2,1H3,(H,19,20). The summed E-state index contributed by atoms with van der Waals surface area (Å²) < 4.78 is 5.36. The maximum Gasteiger partial charge on any atom is 0.239 e. The summed E-state index contributed by atoms with van der Waals surface area (Å²) in [5.74, 6) is 1.17. The first kappa shape index (κ1) is 15.7. The smallest absolute Gasteiger partial charge is 0.239 e. The molecule has 0 saturated heterocycles. The Labute approximate surface area is 134 Å². The number of nitrogen functional groups attached to an aromatic ring is 1. The van der Waals surface area contributed by atoms with E-state index in [1.165, 1.54) is 0 Å². The second kappa shape index (κ2) is 7.38.